The zero-order valence-corrected chi connectivity index (χ0v) is 84.2. The van der Waals surface area contributed by atoms with Gasteiger partial charge in [0.2, 0.25) is 0 Å². The molecule has 3 aliphatic heterocycles. The standard InChI is InChI=1S/C12H24N2.C12H30NOP3Si.C12H21NO.C8H16NO.C7H18NP3.C7H15N.C6H16NOP3.C6H13NO.C2H5.3HI.V/c1-10-2-4-12(5-3-10)14-8-6-11(13)7-9-14;1-12(2,3)18(4,5)14-11-8-6-10(7-9-11)13(15)17-16;1-10-2-4-11(5-3-10)13-8-6-12(14)7-9-13;1-3-9(2)6-4-8(10)5-7-9;1-6-2-4-7(5-3-6)8(9)11-10;1-6-2-4-7(8)5-3-6;8-6-3-1-5(2-4-6)7(9)11-10;7-5-1-3-6(8)4-2-5;1-2;;;;/h10-12H,2-9,13H2,1H3;10-11,17H,6-9,15-16H2,1-5H3;10-11H,2-9H2,1H3;3-7H2,1-2H3;6-7,11H,2-5,9-10H2,1H3;6-7H,2-5,8H2,1H3;5-6,8,11H,1-4,9-10H2;5-6,8H,1-4,7H2;1H2,2H3;3*1H;/q;;;+1;;;;;-1;;;;+2/p-3. The molecule has 10 rings (SSSR count). The summed E-state index contributed by atoms with van der Waals surface area (Å²) in [6.45, 7) is 36.1. The number of hydrogen-bond donors (Lipinski definition) is 5. The van der Waals surface area contributed by atoms with Crippen LogP contribution in [0.15, 0.2) is 0 Å². The van der Waals surface area contributed by atoms with Crippen molar-refractivity contribution >= 4 is 140 Å². The molecule has 10 aliphatic rings. The first-order valence-corrected chi connectivity index (χ1v) is 60.8. The molecule has 0 aromatic carbocycles. The number of aliphatic hydroxyl groups is 2. The minimum atomic E-state index is -1.57. The molecule has 10 fully saturated rings. The predicted molar refractivity (Wildman–Crippen MR) is 478 cm³/mol. The molecule has 3 heterocycles. The van der Waals surface area contributed by atoms with Crippen molar-refractivity contribution in [2.45, 2.75) is 365 Å². The van der Waals surface area contributed by atoms with Gasteiger partial charge in [-0.1, -0.05) is 103 Å². The number of likely N-dealkylation sites (tertiary alicyclic amines) is 3. The van der Waals surface area contributed by atoms with E-state index < -0.39 is 8.32 Å². The summed E-state index contributed by atoms with van der Waals surface area (Å²) in [4.78, 5) is 27.2. The summed E-state index contributed by atoms with van der Waals surface area (Å²) in [5.41, 5.74) is 17.2. The number of nitrogens with two attached hydrogens (primary N) is 3. The molecule has 7 saturated carbocycles. The molecule has 0 bridgehead atoms. The first-order chi connectivity index (χ1) is 46.8. The van der Waals surface area contributed by atoms with Gasteiger partial charge in [0.15, 0.2) is 8.32 Å². The van der Waals surface area contributed by atoms with E-state index in [1.807, 2.05) is 0 Å². The predicted octanol–water partition coefficient (Wildman–Crippen LogP) is 16.0. The number of quaternary nitrogens is 1. The Bertz CT molecular complexity index is 1880. The molecule has 0 aromatic heterocycles. The number of aliphatic hydroxyl groups excluding tert-OH is 2. The van der Waals surface area contributed by atoms with E-state index in [-0.39, 0.29) is 36.2 Å². The van der Waals surface area contributed by atoms with E-state index in [1.165, 1.54) is 154 Å². The number of nitrogens with zero attached hydrogens (tertiary/aromatic N) is 6. The fourth-order valence-electron chi connectivity index (χ4n) is 14.6. The summed E-state index contributed by atoms with van der Waals surface area (Å²) in [5, 5.41) is 18.6. The zero-order chi connectivity index (χ0) is 74.7. The van der Waals surface area contributed by atoms with Crippen molar-refractivity contribution in [3.05, 3.63) is 6.92 Å². The Kier molecular flexibility index (Phi) is 64.7. The summed E-state index contributed by atoms with van der Waals surface area (Å²) in [7, 11) is 20.6. The van der Waals surface area contributed by atoms with Crippen LogP contribution < -0.4 is 41.2 Å². The molecule has 9 atom stereocenters. The third kappa shape index (κ3) is 48.2. The van der Waals surface area contributed by atoms with Gasteiger partial charge < -0.3 is 72.1 Å². The maximum atomic E-state index is 11.1. The van der Waals surface area contributed by atoms with E-state index in [0.717, 1.165) is 187 Å². The van der Waals surface area contributed by atoms with Crippen molar-refractivity contribution in [3.8, 4) is 0 Å². The van der Waals surface area contributed by atoms with Gasteiger partial charge in [0.05, 0.1) is 51.7 Å². The second kappa shape index (κ2) is 61.2. The quantitative estimate of drug-likeness (QED) is 0.0434. The van der Waals surface area contributed by atoms with Gasteiger partial charge in [0.1, 0.15) is 11.6 Å². The molecule has 28 heteroatoms. The van der Waals surface area contributed by atoms with E-state index in [2.05, 4.69) is 200 Å². The van der Waals surface area contributed by atoms with Gasteiger partial charge in [0, 0.05) is 80.4 Å². The van der Waals surface area contributed by atoms with E-state index in [9.17, 15) is 14.7 Å². The summed E-state index contributed by atoms with van der Waals surface area (Å²) in [6.07, 6.45) is 41.2. The molecule has 0 amide bonds. The molecular formula is C72H158I3N9O5P9SiV-. The van der Waals surface area contributed by atoms with Crippen molar-refractivity contribution in [1.29, 1.82) is 0 Å². The Morgan fingerprint density at radius 1 is 0.520 bits per heavy atom. The SMILES string of the molecule is CC(C)(C)[Si](C)(C)OC1CCC(N(P)PP)CC1.CC1CCC(N(P)PP)CC1.CC1CCC(N)CC1.CC1CCC(N2CCC(=O)CC2)CC1.CC1CCC(N2CCC(N)CC2)CC1.CC[N+]1(C)CCC(=O)CC1.NC1CCC(O)CC1.OC1CCC(N(P)PP)CC1.[CH2-]C.[I-].[I][V][I]. The number of carbonyl (C=O) groups excluding carboxylic acids is 2. The summed E-state index contributed by atoms with van der Waals surface area (Å²) < 4.78 is 14.7. The van der Waals surface area contributed by atoms with Crippen LogP contribution in [0.4, 0.5) is 0 Å². The molecule has 7 aliphatic carbocycles. The van der Waals surface area contributed by atoms with Crippen LogP contribution in [0.25, 0.3) is 0 Å². The monoisotopic (exact) mass is 1970 g/mol. The van der Waals surface area contributed by atoms with E-state index in [4.69, 9.17) is 26.7 Å². The summed E-state index contributed by atoms with van der Waals surface area (Å²) >= 11 is 4.74. The van der Waals surface area contributed by atoms with Crippen LogP contribution in [0.1, 0.15) is 281 Å². The zero-order valence-electron chi connectivity index (χ0n) is 65.4. The average molecular weight is 1970 g/mol. The van der Waals surface area contributed by atoms with Crippen LogP contribution in [-0.4, -0.2) is 177 Å². The van der Waals surface area contributed by atoms with Crippen LogP contribution in [0, 0.1) is 30.6 Å². The third-order valence-electron chi connectivity index (χ3n) is 23.5. The average Bonchev–Trinajstić information content (AvgIpc) is 0.790. The van der Waals surface area contributed by atoms with Crippen LogP contribution in [0.3, 0.4) is 0 Å². The molecule has 0 spiro atoms. The Morgan fingerprint density at radius 2 is 0.790 bits per heavy atom. The van der Waals surface area contributed by atoms with Crippen LogP contribution in [0.5, 0.6) is 0 Å². The first-order valence-electron chi connectivity index (χ1n) is 39.1. The minimum absolute atomic E-state index is 0. The molecule has 0 radical (unpaired) electrons. The normalized spacial score (nSPS) is 31.6. The fourth-order valence-corrected chi connectivity index (χ4v) is 20.2. The van der Waals surface area contributed by atoms with Crippen molar-refractivity contribution in [1.82, 2.24) is 23.1 Å². The van der Waals surface area contributed by atoms with Gasteiger partial charge in [-0.05, 0) is 280 Å². The Labute approximate surface area is 684 Å². The second-order valence-electron chi connectivity index (χ2n) is 32.6. The first kappa shape index (κ1) is 106. The van der Waals surface area contributed by atoms with E-state index >= 15 is 0 Å². The second-order valence-corrected chi connectivity index (χ2v) is 57.1. The van der Waals surface area contributed by atoms with Gasteiger partial charge >= 0.3 is 49.4 Å². The Hall–Kier alpha value is 5.72. The Morgan fingerprint density at radius 3 is 1.10 bits per heavy atom. The van der Waals surface area contributed by atoms with Crippen molar-refractivity contribution in [2.75, 3.05) is 52.9 Å². The molecule has 100 heavy (non-hydrogen) atoms. The van der Waals surface area contributed by atoms with Crippen molar-refractivity contribution in [3.63, 3.8) is 0 Å². The van der Waals surface area contributed by atoms with Gasteiger partial charge in [-0.3, -0.25) is 27.8 Å². The molecule has 0 aromatic rings. The van der Waals surface area contributed by atoms with Gasteiger partial charge in [-0.2, -0.15) is 6.92 Å². The van der Waals surface area contributed by atoms with Gasteiger partial charge in [0.25, 0.3) is 0 Å². The summed E-state index contributed by atoms with van der Waals surface area (Å²) in [6, 6.07) is 5.30. The molecule has 9 unspecified atom stereocenters. The van der Waals surface area contributed by atoms with Crippen molar-refractivity contribution < 1.29 is 62.2 Å². The molecule has 3 saturated heterocycles. The van der Waals surface area contributed by atoms with Gasteiger partial charge in [-0.15, -0.1) is 0 Å². The van der Waals surface area contributed by atoms with Crippen LogP contribution >= 0.6 is 120 Å². The number of halogens is 3. The fraction of sp³-hybridized carbons (Fsp3) is 0.958. The number of hydrogen-bond acceptors (Lipinski definition) is 13. The molecule has 14 nitrogen and oxygen atoms in total. The van der Waals surface area contributed by atoms with E-state index in [0.29, 0.717) is 56.3 Å². The Balaban J connectivity index is 0.00000112. The topological polar surface area (TPSA) is 178 Å². The van der Waals surface area contributed by atoms with Crippen LogP contribution in [-0.2, 0) is 23.5 Å². The van der Waals surface area contributed by atoms with Crippen LogP contribution in [0.2, 0.25) is 18.1 Å². The molecule has 8 N–H and O–H groups in total. The van der Waals surface area contributed by atoms with Gasteiger partial charge in [-0.25, -0.2) is 0 Å². The number of carbonyl (C=O) groups is 2. The molecular weight excluding hydrogens is 1810 g/mol. The number of Topliss-reactive ketones (excluding diaryl/α,β-unsaturated/α-hetero) is 2. The van der Waals surface area contributed by atoms with Crippen molar-refractivity contribution in [2.24, 2.45) is 40.9 Å². The third-order valence-corrected chi connectivity index (χ3v) is 38.0. The number of piperidine rings is 3. The maximum absolute atomic E-state index is 11.1. The molecule has 597 valence electrons. The summed E-state index contributed by atoms with van der Waals surface area (Å²) in [5.74, 6) is 4.72. The number of ketones is 2. The number of rotatable bonds is 11. The van der Waals surface area contributed by atoms with E-state index in [1.54, 1.807) is 6.92 Å².